The van der Waals surface area contributed by atoms with E-state index in [0.29, 0.717) is 32.5 Å². The fourth-order valence-corrected chi connectivity index (χ4v) is 3.06. The minimum Gasteiger partial charge on any atom is -0.497 e. The molecule has 10 heteroatoms. The van der Waals surface area contributed by atoms with Crippen molar-refractivity contribution < 1.29 is 22.7 Å². The Labute approximate surface area is 166 Å². The first-order valence-electron chi connectivity index (χ1n) is 9.16. The molecule has 0 spiro atoms. The maximum Gasteiger partial charge on any atom is 0.433 e. The van der Waals surface area contributed by atoms with E-state index in [4.69, 9.17) is 4.74 Å². The zero-order valence-electron chi connectivity index (χ0n) is 15.9. The molecule has 0 aliphatic carbocycles. The second-order valence-electron chi connectivity index (χ2n) is 6.70. The van der Waals surface area contributed by atoms with Gasteiger partial charge in [-0.25, -0.2) is 14.8 Å². The highest BCUT2D eigenvalue weighted by atomic mass is 19.4. The maximum absolute atomic E-state index is 12.7. The van der Waals surface area contributed by atoms with Crippen molar-refractivity contribution in [1.29, 1.82) is 0 Å². The SMILES string of the molecule is COc1ccc(CNC(=O)N2CCC(Nc3cc(C(F)(F)F)ncn3)CC2)cc1. The van der Waals surface area contributed by atoms with Crippen molar-refractivity contribution in [2.45, 2.75) is 31.6 Å². The topological polar surface area (TPSA) is 79.4 Å². The third-order valence-electron chi connectivity index (χ3n) is 4.69. The molecule has 7 nitrogen and oxygen atoms in total. The molecular weight excluding hydrogens is 387 g/mol. The van der Waals surface area contributed by atoms with E-state index in [1.165, 1.54) is 0 Å². The number of likely N-dealkylation sites (tertiary alicyclic amines) is 1. The lowest BCUT2D eigenvalue weighted by atomic mass is 10.1. The van der Waals surface area contributed by atoms with Crippen LogP contribution in [0.4, 0.5) is 23.8 Å². The second kappa shape index (κ2) is 8.97. The number of nitrogens with one attached hydrogen (secondary N) is 2. The second-order valence-corrected chi connectivity index (χ2v) is 6.70. The lowest BCUT2D eigenvalue weighted by Gasteiger charge is -2.32. The molecular formula is C19H22F3N5O2. The van der Waals surface area contributed by atoms with Crippen molar-refractivity contribution in [3.63, 3.8) is 0 Å². The molecule has 0 bridgehead atoms. The number of benzene rings is 1. The van der Waals surface area contributed by atoms with Gasteiger partial charge < -0.3 is 20.3 Å². The van der Waals surface area contributed by atoms with Gasteiger partial charge in [0.1, 0.15) is 23.6 Å². The molecule has 0 unspecified atom stereocenters. The molecule has 1 aliphatic heterocycles. The van der Waals surface area contributed by atoms with Crippen LogP contribution < -0.4 is 15.4 Å². The standard InChI is InChI=1S/C19H22F3N5O2/c1-29-15-4-2-13(3-5-15)11-23-18(28)27-8-6-14(7-9-27)26-17-10-16(19(20,21)22)24-12-25-17/h2-5,10,12,14H,6-9,11H2,1H3,(H,23,28)(H,24,25,26). The predicted octanol–water partition coefficient (Wildman–Crippen LogP) is 3.29. The van der Waals surface area contributed by atoms with Crippen LogP contribution in [0.1, 0.15) is 24.1 Å². The summed E-state index contributed by atoms with van der Waals surface area (Å²) in [6.07, 6.45) is -2.39. The Bertz CT molecular complexity index is 821. The van der Waals surface area contributed by atoms with Gasteiger partial charge in [-0.1, -0.05) is 12.1 Å². The van der Waals surface area contributed by atoms with Crippen molar-refractivity contribution in [2.24, 2.45) is 0 Å². The molecule has 2 N–H and O–H groups in total. The van der Waals surface area contributed by atoms with Crippen LogP contribution in [0.5, 0.6) is 5.75 Å². The molecule has 156 valence electrons. The summed E-state index contributed by atoms with van der Waals surface area (Å²) in [4.78, 5) is 21.1. The summed E-state index contributed by atoms with van der Waals surface area (Å²) < 4.78 is 43.3. The van der Waals surface area contributed by atoms with Gasteiger partial charge >= 0.3 is 12.2 Å². The number of amides is 2. The number of ether oxygens (including phenoxy) is 1. The van der Waals surface area contributed by atoms with Gasteiger partial charge in [0, 0.05) is 31.7 Å². The molecule has 2 heterocycles. The molecule has 0 atom stereocenters. The van der Waals surface area contributed by atoms with Crippen LogP contribution in [0.15, 0.2) is 36.7 Å². The van der Waals surface area contributed by atoms with Crippen molar-refractivity contribution in [2.75, 3.05) is 25.5 Å². The number of alkyl halides is 3. The minimum absolute atomic E-state index is 0.0587. The smallest absolute Gasteiger partial charge is 0.433 e. The van der Waals surface area contributed by atoms with Crippen LogP contribution in [-0.4, -0.2) is 47.1 Å². The number of aromatic nitrogens is 2. The number of hydrogen-bond acceptors (Lipinski definition) is 5. The number of rotatable bonds is 5. The number of hydrogen-bond donors (Lipinski definition) is 2. The van der Waals surface area contributed by atoms with E-state index < -0.39 is 11.9 Å². The Morgan fingerprint density at radius 3 is 2.52 bits per heavy atom. The number of anilines is 1. The first-order valence-corrected chi connectivity index (χ1v) is 9.16. The van der Waals surface area contributed by atoms with Crippen LogP contribution in [0.25, 0.3) is 0 Å². The molecule has 29 heavy (non-hydrogen) atoms. The van der Waals surface area contributed by atoms with Crippen molar-refractivity contribution in [3.8, 4) is 5.75 Å². The molecule has 1 aromatic heterocycles. The van der Waals surface area contributed by atoms with Crippen molar-refractivity contribution >= 4 is 11.8 Å². The molecule has 1 fully saturated rings. The summed E-state index contributed by atoms with van der Waals surface area (Å²) in [5.41, 5.74) is -0.0229. The summed E-state index contributed by atoms with van der Waals surface area (Å²) >= 11 is 0. The van der Waals surface area contributed by atoms with E-state index in [0.717, 1.165) is 23.7 Å². The van der Waals surface area contributed by atoms with Crippen LogP contribution in [0.3, 0.4) is 0 Å². The van der Waals surface area contributed by atoms with Gasteiger partial charge in [0.15, 0.2) is 0 Å². The number of carbonyl (C=O) groups is 1. The number of halogens is 3. The third kappa shape index (κ3) is 5.72. The molecule has 1 aliphatic rings. The summed E-state index contributed by atoms with van der Waals surface area (Å²) in [7, 11) is 1.59. The predicted molar refractivity (Wildman–Crippen MR) is 100 cm³/mol. The quantitative estimate of drug-likeness (QED) is 0.792. The summed E-state index contributed by atoms with van der Waals surface area (Å²) in [5.74, 6) is 0.885. The van der Waals surface area contributed by atoms with Gasteiger partial charge in [-0.15, -0.1) is 0 Å². The van der Waals surface area contributed by atoms with Gasteiger partial charge in [-0.05, 0) is 30.5 Å². The number of methoxy groups -OCH3 is 1. The average Bonchev–Trinajstić information content (AvgIpc) is 2.72. The molecule has 1 aromatic carbocycles. The monoisotopic (exact) mass is 409 g/mol. The average molecular weight is 409 g/mol. The zero-order valence-corrected chi connectivity index (χ0v) is 15.9. The van der Waals surface area contributed by atoms with Gasteiger partial charge in [0.25, 0.3) is 0 Å². The van der Waals surface area contributed by atoms with Gasteiger partial charge in [-0.2, -0.15) is 13.2 Å². The summed E-state index contributed by atoms with van der Waals surface area (Å²) in [5, 5.41) is 5.88. The Balaban J connectivity index is 1.45. The lowest BCUT2D eigenvalue weighted by molar-refractivity contribution is -0.141. The third-order valence-corrected chi connectivity index (χ3v) is 4.69. The lowest BCUT2D eigenvalue weighted by Crippen LogP contribution is -2.46. The van der Waals surface area contributed by atoms with E-state index in [1.807, 2.05) is 24.3 Å². The minimum atomic E-state index is -4.51. The van der Waals surface area contributed by atoms with E-state index in [-0.39, 0.29) is 17.9 Å². The fraction of sp³-hybridized carbons (Fsp3) is 0.421. The van der Waals surface area contributed by atoms with Crippen LogP contribution in [-0.2, 0) is 12.7 Å². The van der Waals surface area contributed by atoms with Gasteiger partial charge in [0.05, 0.1) is 7.11 Å². The molecule has 3 rings (SSSR count). The van der Waals surface area contributed by atoms with Crippen LogP contribution >= 0.6 is 0 Å². The van der Waals surface area contributed by atoms with Crippen LogP contribution in [0, 0.1) is 0 Å². The van der Waals surface area contributed by atoms with E-state index in [2.05, 4.69) is 20.6 Å². The molecule has 0 saturated carbocycles. The zero-order chi connectivity index (χ0) is 20.9. The van der Waals surface area contributed by atoms with E-state index in [9.17, 15) is 18.0 Å². The Kier molecular flexibility index (Phi) is 6.40. The van der Waals surface area contributed by atoms with Crippen LogP contribution in [0.2, 0.25) is 0 Å². The summed E-state index contributed by atoms with van der Waals surface area (Å²) in [6, 6.07) is 8.09. The normalized spacial score (nSPS) is 15.1. The highest BCUT2D eigenvalue weighted by Crippen LogP contribution is 2.28. The number of urea groups is 1. The van der Waals surface area contributed by atoms with Crippen molar-refractivity contribution in [1.82, 2.24) is 20.2 Å². The largest absolute Gasteiger partial charge is 0.497 e. The Morgan fingerprint density at radius 2 is 1.90 bits per heavy atom. The molecule has 2 aromatic rings. The Hall–Kier alpha value is -3.04. The first kappa shape index (κ1) is 20.7. The van der Waals surface area contributed by atoms with E-state index in [1.54, 1.807) is 12.0 Å². The highest BCUT2D eigenvalue weighted by Gasteiger charge is 2.33. The number of piperidine rings is 1. The summed E-state index contributed by atoms with van der Waals surface area (Å²) in [6.45, 7) is 1.41. The van der Waals surface area contributed by atoms with Gasteiger partial charge in [-0.3, -0.25) is 0 Å². The molecule has 0 radical (unpaired) electrons. The fourth-order valence-electron chi connectivity index (χ4n) is 3.06. The van der Waals surface area contributed by atoms with E-state index >= 15 is 0 Å². The molecule has 2 amide bonds. The maximum atomic E-state index is 12.7. The molecule has 1 saturated heterocycles. The number of nitrogens with zero attached hydrogens (tertiary/aromatic N) is 3. The highest BCUT2D eigenvalue weighted by molar-refractivity contribution is 5.74. The Morgan fingerprint density at radius 1 is 1.21 bits per heavy atom. The van der Waals surface area contributed by atoms with Crippen molar-refractivity contribution in [3.05, 3.63) is 47.9 Å². The first-order chi connectivity index (χ1) is 13.8. The van der Waals surface area contributed by atoms with Gasteiger partial charge in [0.2, 0.25) is 0 Å². The number of carbonyl (C=O) groups excluding carboxylic acids is 1.